The number of nitrogens with zero attached hydrogens (tertiary/aromatic N) is 1. The first kappa shape index (κ1) is 17.0. The molecule has 116 valence electrons. The minimum atomic E-state index is 0.466. The van der Waals surface area contributed by atoms with Crippen molar-refractivity contribution in [1.82, 2.24) is 0 Å². The first-order valence-electron chi connectivity index (χ1n) is 7.84. The maximum absolute atomic E-state index is 5.01. The molecule has 0 amide bonds. The van der Waals surface area contributed by atoms with Crippen molar-refractivity contribution in [2.45, 2.75) is 46.5 Å². The first-order valence-corrected chi connectivity index (χ1v) is 8.63. The average molecular weight is 358 g/mol. The van der Waals surface area contributed by atoms with Crippen molar-refractivity contribution in [3.8, 4) is 0 Å². The molecule has 0 spiro atoms. The van der Waals surface area contributed by atoms with Crippen LogP contribution in [-0.4, -0.2) is 5.71 Å². The Morgan fingerprint density at radius 1 is 0.909 bits per heavy atom. The van der Waals surface area contributed by atoms with Crippen LogP contribution < -0.4 is 0 Å². The highest BCUT2D eigenvalue weighted by atomic mass is 79.9. The zero-order chi connectivity index (χ0) is 16.3. The summed E-state index contributed by atoms with van der Waals surface area (Å²) in [6.45, 7) is 11.0. The summed E-state index contributed by atoms with van der Waals surface area (Å²) in [6, 6.07) is 14.9. The second-order valence-corrected chi connectivity index (χ2v) is 7.22. The SMILES string of the molecule is C/C(=N/c1c(C(C)C)cccc1C(C)C)c1cccc(Br)c1. The van der Waals surface area contributed by atoms with E-state index in [0.717, 1.165) is 21.4 Å². The minimum Gasteiger partial charge on any atom is -0.253 e. The van der Waals surface area contributed by atoms with Crippen molar-refractivity contribution in [2.75, 3.05) is 0 Å². The van der Waals surface area contributed by atoms with Crippen LogP contribution in [-0.2, 0) is 0 Å². The van der Waals surface area contributed by atoms with Crippen LogP contribution in [0.1, 0.15) is 63.1 Å². The number of hydrogen-bond acceptors (Lipinski definition) is 1. The van der Waals surface area contributed by atoms with E-state index in [-0.39, 0.29) is 0 Å². The maximum Gasteiger partial charge on any atom is 0.0702 e. The van der Waals surface area contributed by atoms with Gasteiger partial charge in [0.25, 0.3) is 0 Å². The minimum absolute atomic E-state index is 0.466. The van der Waals surface area contributed by atoms with Gasteiger partial charge in [-0.2, -0.15) is 0 Å². The highest BCUT2D eigenvalue weighted by Crippen LogP contribution is 2.35. The van der Waals surface area contributed by atoms with Gasteiger partial charge in [0.2, 0.25) is 0 Å². The van der Waals surface area contributed by atoms with E-state index in [9.17, 15) is 0 Å². The molecular weight excluding hydrogens is 334 g/mol. The zero-order valence-corrected chi connectivity index (χ0v) is 15.6. The lowest BCUT2D eigenvalue weighted by atomic mass is 9.93. The second kappa shape index (κ2) is 7.23. The lowest BCUT2D eigenvalue weighted by Crippen LogP contribution is -1.99. The van der Waals surface area contributed by atoms with Gasteiger partial charge in [-0.15, -0.1) is 0 Å². The molecule has 1 nitrogen and oxygen atoms in total. The molecule has 0 N–H and O–H groups in total. The predicted octanol–water partition coefficient (Wildman–Crippen LogP) is 6.84. The molecule has 0 radical (unpaired) electrons. The summed E-state index contributed by atoms with van der Waals surface area (Å²) in [6.07, 6.45) is 0. The van der Waals surface area contributed by atoms with Crippen LogP contribution in [0.3, 0.4) is 0 Å². The Bertz CT molecular complexity index is 658. The highest BCUT2D eigenvalue weighted by Gasteiger charge is 2.13. The van der Waals surface area contributed by atoms with E-state index in [1.54, 1.807) is 0 Å². The summed E-state index contributed by atoms with van der Waals surface area (Å²) in [5, 5.41) is 0. The number of benzene rings is 2. The van der Waals surface area contributed by atoms with Crippen molar-refractivity contribution in [3.05, 3.63) is 63.6 Å². The van der Waals surface area contributed by atoms with Gasteiger partial charge in [-0.1, -0.05) is 74.0 Å². The van der Waals surface area contributed by atoms with Crippen LogP contribution in [0.5, 0.6) is 0 Å². The zero-order valence-electron chi connectivity index (χ0n) is 14.0. The summed E-state index contributed by atoms with van der Waals surface area (Å²) >= 11 is 3.54. The number of hydrogen-bond donors (Lipinski definition) is 0. The summed E-state index contributed by atoms with van der Waals surface area (Å²) in [4.78, 5) is 5.01. The van der Waals surface area contributed by atoms with Gasteiger partial charge in [0.15, 0.2) is 0 Å². The Balaban J connectivity index is 2.58. The van der Waals surface area contributed by atoms with Gasteiger partial charge in [0.1, 0.15) is 0 Å². The average Bonchev–Trinajstić information content (AvgIpc) is 2.46. The second-order valence-electron chi connectivity index (χ2n) is 6.30. The lowest BCUT2D eigenvalue weighted by Gasteiger charge is -2.17. The molecule has 0 aliphatic heterocycles. The third-order valence-electron chi connectivity index (χ3n) is 3.86. The Hall–Kier alpha value is -1.41. The number of rotatable bonds is 4. The van der Waals surface area contributed by atoms with Crippen LogP contribution in [0.4, 0.5) is 5.69 Å². The molecule has 0 saturated carbocycles. The topological polar surface area (TPSA) is 12.4 Å². The van der Waals surface area contributed by atoms with E-state index in [4.69, 9.17) is 4.99 Å². The third kappa shape index (κ3) is 3.86. The van der Waals surface area contributed by atoms with Gasteiger partial charge in [0, 0.05) is 10.2 Å². The fourth-order valence-electron chi connectivity index (χ4n) is 2.59. The first-order chi connectivity index (χ1) is 10.4. The predicted molar refractivity (Wildman–Crippen MR) is 101 cm³/mol. The molecule has 0 aromatic heterocycles. The Morgan fingerprint density at radius 2 is 1.45 bits per heavy atom. The summed E-state index contributed by atoms with van der Waals surface area (Å²) < 4.78 is 1.08. The molecule has 0 fully saturated rings. The molecule has 0 bridgehead atoms. The molecule has 2 heteroatoms. The molecule has 0 unspecified atom stereocenters. The Kier molecular flexibility index (Phi) is 5.57. The van der Waals surface area contributed by atoms with Gasteiger partial charge < -0.3 is 0 Å². The van der Waals surface area contributed by atoms with Gasteiger partial charge in [-0.05, 0) is 47.6 Å². The third-order valence-corrected chi connectivity index (χ3v) is 4.36. The van der Waals surface area contributed by atoms with E-state index in [1.807, 2.05) is 6.07 Å². The summed E-state index contributed by atoms with van der Waals surface area (Å²) in [7, 11) is 0. The van der Waals surface area contributed by atoms with Gasteiger partial charge in [0.05, 0.1) is 5.69 Å². The number of aliphatic imine (C=N–C) groups is 1. The highest BCUT2D eigenvalue weighted by molar-refractivity contribution is 9.10. The van der Waals surface area contributed by atoms with Crippen molar-refractivity contribution in [2.24, 2.45) is 4.99 Å². The van der Waals surface area contributed by atoms with Crippen LogP contribution >= 0.6 is 15.9 Å². The molecular formula is C20H24BrN. The van der Waals surface area contributed by atoms with E-state index < -0.39 is 0 Å². The van der Waals surface area contributed by atoms with E-state index in [1.165, 1.54) is 11.1 Å². The molecule has 0 saturated heterocycles. The molecule has 2 aromatic rings. The largest absolute Gasteiger partial charge is 0.253 e. The number of para-hydroxylation sites is 1. The van der Waals surface area contributed by atoms with Crippen LogP contribution in [0.25, 0.3) is 0 Å². The fraction of sp³-hybridized carbons (Fsp3) is 0.350. The van der Waals surface area contributed by atoms with E-state index in [0.29, 0.717) is 11.8 Å². The van der Waals surface area contributed by atoms with Crippen LogP contribution in [0.2, 0.25) is 0 Å². The number of halogens is 1. The van der Waals surface area contributed by atoms with Crippen LogP contribution in [0.15, 0.2) is 51.9 Å². The molecule has 0 atom stereocenters. The van der Waals surface area contributed by atoms with Crippen molar-refractivity contribution in [3.63, 3.8) is 0 Å². The van der Waals surface area contributed by atoms with Crippen molar-refractivity contribution in [1.29, 1.82) is 0 Å². The maximum atomic E-state index is 5.01. The van der Waals surface area contributed by atoms with Crippen molar-refractivity contribution >= 4 is 27.3 Å². The lowest BCUT2D eigenvalue weighted by molar-refractivity contribution is 0.834. The molecule has 22 heavy (non-hydrogen) atoms. The molecule has 2 aromatic carbocycles. The van der Waals surface area contributed by atoms with E-state index in [2.05, 4.69) is 86.9 Å². The molecule has 2 rings (SSSR count). The van der Waals surface area contributed by atoms with Gasteiger partial charge >= 0.3 is 0 Å². The quantitative estimate of drug-likeness (QED) is 0.531. The van der Waals surface area contributed by atoms with Gasteiger partial charge in [-0.3, -0.25) is 4.99 Å². The van der Waals surface area contributed by atoms with Crippen LogP contribution in [0, 0.1) is 0 Å². The van der Waals surface area contributed by atoms with E-state index >= 15 is 0 Å². The Morgan fingerprint density at radius 3 is 1.95 bits per heavy atom. The fourth-order valence-corrected chi connectivity index (χ4v) is 2.99. The molecule has 0 aliphatic rings. The standard InChI is InChI=1S/C20H24BrN/c1-13(2)18-10-7-11-19(14(3)4)20(18)22-15(5)16-8-6-9-17(21)12-16/h6-14H,1-5H3/b22-15-. The monoisotopic (exact) mass is 357 g/mol. The summed E-state index contributed by atoms with van der Waals surface area (Å²) in [5.74, 6) is 0.931. The summed E-state index contributed by atoms with van der Waals surface area (Å²) in [5.41, 5.74) is 5.99. The molecule has 0 heterocycles. The van der Waals surface area contributed by atoms with Gasteiger partial charge in [-0.25, -0.2) is 0 Å². The van der Waals surface area contributed by atoms with Crippen molar-refractivity contribution < 1.29 is 0 Å². The smallest absolute Gasteiger partial charge is 0.0702 e. The molecule has 0 aliphatic carbocycles. The normalized spacial score (nSPS) is 12.3. The Labute approximate surface area is 142 Å².